The van der Waals surface area contributed by atoms with Gasteiger partial charge in [0.05, 0.1) is 23.3 Å². The maximum atomic E-state index is 12.7. The summed E-state index contributed by atoms with van der Waals surface area (Å²) in [7, 11) is -3.75. The van der Waals surface area contributed by atoms with E-state index in [2.05, 4.69) is 10.0 Å². The lowest BCUT2D eigenvalue weighted by atomic mass is 10.2. The van der Waals surface area contributed by atoms with E-state index >= 15 is 0 Å². The lowest BCUT2D eigenvalue weighted by Crippen LogP contribution is -2.22. The fraction of sp³-hybridized carbons (Fsp3) is 0.0952. The van der Waals surface area contributed by atoms with Gasteiger partial charge in [-0.3, -0.25) is 4.79 Å². The van der Waals surface area contributed by atoms with Crippen molar-refractivity contribution in [3.05, 3.63) is 89.9 Å². The summed E-state index contributed by atoms with van der Waals surface area (Å²) in [6.45, 7) is 0.00664. The highest BCUT2D eigenvalue weighted by molar-refractivity contribution is 7.89. The molecular weight excluding hydrogens is 433 g/mol. The zero-order valence-corrected chi connectivity index (χ0v) is 16.7. The minimum atomic E-state index is -4.51. The summed E-state index contributed by atoms with van der Waals surface area (Å²) in [4.78, 5) is 12.0. The first-order valence-electron chi connectivity index (χ1n) is 8.92. The number of carbonyl (C=O) groups excluding carboxylic acids is 1. The standard InChI is InChI=1S/C21H17F3N2O4S/c22-21(23,24)16-3-1-4-17(13-16)26-20(27)11-8-15-6-9-19(10-7-15)31(28,29)25-14-18-5-2-12-30-18/h1-13,25H,14H2,(H,26,27)/b11-8+. The van der Waals surface area contributed by atoms with Crippen molar-refractivity contribution in [3.8, 4) is 0 Å². The molecule has 162 valence electrons. The molecule has 0 bridgehead atoms. The van der Waals surface area contributed by atoms with Gasteiger partial charge in [0, 0.05) is 11.8 Å². The number of carbonyl (C=O) groups is 1. The highest BCUT2D eigenvalue weighted by atomic mass is 32.2. The summed E-state index contributed by atoms with van der Waals surface area (Å²) in [5.74, 6) is -0.161. The molecule has 0 aliphatic rings. The van der Waals surface area contributed by atoms with Crippen LogP contribution in [0.15, 0.2) is 82.3 Å². The third-order valence-electron chi connectivity index (χ3n) is 4.09. The Morgan fingerprint density at radius 3 is 2.42 bits per heavy atom. The van der Waals surface area contributed by atoms with E-state index in [9.17, 15) is 26.4 Å². The molecule has 2 aromatic carbocycles. The van der Waals surface area contributed by atoms with Crippen LogP contribution < -0.4 is 10.0 Å². The van der Waals surface area contributed by atoms with Crippen LogP contribution in [-0.2, 0) is 27.5 Å². The van der Waals surface area contributed by atoms with Gasteiger partial charge in [0.1, 0.15) is 5.76 Å². The number of nitrogens with one attached hydrogen (secondary N) is 2. The summed E-state index contributed by atoms with van der Waals surface area (Å²) >= 11 is 0. The number of halogens is 3. The minimum absolute atomic E-state index is 0.00664. The lowest BCUT2D eigenvalue weighted by Gasteiger charge is -2.08. The molecule has 31 heavy (non-hydrogen) atoms. The summed E-state index contributed by atoms with van der Waals surface area (Å²) < 4.78 is 70.3. The molecule has 3 aromatic rings. The number of amides is 1. The van der Waals surface area contributed by atoms with Crippen molar-refractivity contribution in [3.63, 3.8) is 0 Å². The van der Waals surface area contributed by atoms with Gasteiger partial charge in [-0.25, -0.2) is 13.1 Å². The van der Waals surface area contributed by atoms with Crippen LogP contribution >= 0.6 is 0 Å². The minimum Gasteiger partial charge on any atom is -0.468 e. The molecule has 10 heteroatoms. The lowest BCUT2D eigenvalue weighted by molar-refractivity contribution is -0.137. The van der Waals surface area contributed by atoms with Crippen molar-refractivity contribution in [1.82, 2.24) is 4.72 Å². The summed E-state index contributed by atoms with van der Waals surface area (Å²) in [5.41, 5.74) is -0.329. The summed E-state index contributed by atoms with van der Waals surface area (Å²) in [6.07, 6.45) is -0.520. The molecule has 1 heterocycles. The average molecular weight is 450 g/mol. The highest BCUT2D eigenvalue weighted by Crippen LogP contribution is 2.30. The molecule has 6 nitrogen and oxygen atoms in total. The monoisotopic (exact) mass is 450 g/mol. The van der Waals surface area contributed by atoms with Crippen LogP contribution in [0.1, 0.15) is 16.9 Å². The van der Waals surface area contributed by atoms with Gasteiger partial charge in [0.25, 0.3) is 0 Å². The zero-order chi connectivity index (χ0) is 22.5. The van der Waals surface area contributed by atoms with E-state index in [1.54, 1.807) is 12.1 Å². The van der Waals surface area contributed by atoms with E-state index in [1.807, 2.05) is 0 Å². The molecule has 1 amide bonds. The van der Waals surface area contributed by atoms with Crippen molar-refractivity contribution in [2.75, 3.05) is 5.32 Å². The maximum absolute atomic E-state index is 12.7. The van der Waals surface area contributed by atoms with Gasteiger partial charge in [-0.1, -0.05) is 18.2 Å². The van der Waals surface area contributed by atoms with Gasteiger partial charge in [0.2, 0.25) is 15.9 Å². The number of rotatable bonds is 7. The van der Waals surface area contributed by atoms with Crippen LogP contribution in [-0.4, -0.2) is 14.3 Å². The SMILES string of the molecule is O=C(/C=C/c1ccc(S(=O)(=O)NCc2ccco2)cc1)Nc1cccc(C(F)(F)F)c1. The molecule has 0 unspecified atom stereocenters. The van der Waals surface area contributed by atoms with Crippen LogP contribution in [0.3, 0.4) is 0 Å². The van der Waals surface area contributed by atoms with Gasteiger partial charge in [-0.2, -0.15) is 13.2 Å². The van der Waals surface area contributed by atoms with Gasteiger partial charge >= 0.3 is 6.18 Å². The fourth-order valence-electron chi connectivity index (χ4n) is 2.55. The van der Waals surface area contributed by atoms with Crippen molar-refractivity contribution in [2.45, 2.75) is 17.6 Å². The van der Waals surface area contributed by atoms with Gasteiger partial charge in [-0.15, -0.1) is 0 Å². The number of benzene rings is 2. The van der Waals surface area contributed by atoms with E-state index in [0.717, 1.165) is 18.2 Å². The molecule has 0 aliphatic heterocycles. The smallest absolute Gasteiger partial charge is 0.416 e. The van der Waals surface area contributed by atoms with E-state index in [-0.39, 0.29) is 17.1 Å². The second kappa shape index (κ2) is 9.19. The topological polar surface area (TPSA) is 88.4 Å². The molecule has 0 saturated heterocycles. The quantitative estimate of drug-likeness (QED) is 0.522. The number of hydrogen-bond acceptors (Lipinski definition) is 4. The molecule has 0 saturated carbocycles. The zero-order valence-electron chi connectivity index (χ0n) is 15.9. The van der Waals surface area contributed by atoms with Crippen LogP contribution in [0.25, 0.3) is 6.08 Å². The first kappa shape index (κ1) is 22.3. The Kier molecular flexibility index (Phi) is 6.62. The molecule has 3 rings (SSSR count). The van der Waals surface area contributed by atoms with E-state index < -0.39 is 27.7 Å². The van der Waals surface area contributed by atoms with E-state index in [0.29, 0.717) is 11.3 Å². The Labute approximate surface area is 176 Å². The normalized spacial score (nSPS) is 12.2. The van der Waals surface area contributed by atoms with Gasteiger partial charge < -0.3 is 9.73 Å². The number of alkyl halides is 3. The first-order valence-corrected chi connectivity index (χ1v) is 10.4. The second-order valence-corrected chi connectivity index (χ2v) is 8.14. The Hall–Kier alpha value is -3.37. The maximum Gasteiger partial charge on any atom is 0.416 e. The van der Waals surface area contributed by atoms with Gasteiger partial charge in [-0.05, 0) is 54.1 Å². The number of anilines is 1. The third kappa shape index (κ3) is 6.30. The molecular formula is C21H17F3N2O4S. The Balaban J connectivity index is 1.60. The summed E-state index contributed by atoms with van der Waals surface area (Å²) in [5, 5.41) is 2.35. The predicted octanol–water partition coefficient (Wildman–Crippen LogP) is 4.43. The van der Waals surface area contributed by atoms with Crippen LogP contribution in [0.2, 0.25) is 0 Å². The van der Waals surface area contributed by atoms with Crippen molar-refractivity contribution in [1.29, 1.82) is 0 Å². The fourth-order valence-corrected chi connectivity index (χ4v) is 3.54. The average Bonchev–Trinajstić information content (AvgIpc) is 3.25. The number of hydrogen-bond donors (Lipinski definition) is 2. The number of sulfonamides is 1. The molecule has 0 radical (unpaired) electrons. The van der Waals surface area contributed by atoms with Crippen molar-refractivity contribution < 1.29 is 30.8 Å². The molecule has 0 atom stereocenters. The van der Waals surface area contributed by atoms with E-state index in [1.165, 1.54) is 48.7 Å². The predicted molar refractivity (Wildman–Crippen MR) is 108 cm³/mol. The molecule has 1 aromatic heterocycles. The van der Waals surface area contributed by atoms with Gasteiger partial charge in [0.15, 0.2) is 0 Å². The molecule has 0 aliphatic carbocycles. The molecule has 2 N–H and O–H groups in total. The molecule has 0 spiro atoms. The summed E-state index contributed by atoms with van der Waals surface area (Å²) in [6, 6.07) is 13.3. The molecule has 0 fully saturated rings. The second-order valence-electron chi connectivity index (χ2n) is 6.37. The number of furan rings is 1. The van der Waals surface area contributed by atoms with E-state index in [4.69, 9.17) is 4.42 Å². The van der Waals surface area contributed by atoms with Crippen molar-refractivity contribution >= 4 is 27.7 Å². The van der Waals surface area contributed by atoms with Crippen LogP contribution in [0, 0.1) is 0 Å². The largest absolute Gasteiger partial charge is 0.468 e. The highest BCUT2D eigenvalue weighted by Gasteiger charge is 2.30. The Morgan fingerprint density at radius 2 is 1.77 bits per heavy atom. The Morgan fingerprint density at radius 1 is 1.03 bits per heavy atom. The van der Waals surface area contributed by atoms with Crippen LogP contribution in [0.5, 0.6) is 0 Å². The van der Waals surface area contributed by atoms with Crippen LogP contribution in [0.4, 0.5) is 18.9 Å². The Bertz CT molecular complexity index is 1170. The first-order chi connectivity index (χ1) is 14.6. The van der Waals surface area contributed by atoms with Crippen molar-refractivity contribution in [2.24, 2.45) is 0 Å². The third-order valence-corrected chi connectivity index (χ3v) is 5.51.